The van der Waals surface area contributed by atoms with Gasteiger partial charge in [-0.05, 0) is 49.6 Å². The van der Waals surface area contributed by atoms with Gasteiger partial charge in [0.25, 0.3) is 0 Å². The van der Waals surface area contributed by atoms with Crippen LogP contribution >= 0.6 is 0 Å². The molecule has 3 rings (SSSR count). The highest BCUT2D eigenvalue weighted by Crippen LogP contribution is 2.32. The van der Waals surface area contributed by atoms with Gasteiger partial charge < -0.3 is 4.74 Å². The molecule has 7 heteroatoms. The number of benzene rings is 2. The minimum Gasteiger partial charge on any atom is -0.445 e. The molecule has 1 heterocycles. The second-order valence-electron chi connectivity index (χ2n) is 8.37. The van der Waals surface area contributed by atoms with E-state index in [0.29, 0.717) is 12.8 Å². The van der Waals surface area contributed by atoms with E-state index < -0.39 is 28.0 Å². The molecular weight excluding hydrogens is 450 g/mol. The van der Waals surface area contributed by atoms with E-state index in [1.165, 1.54) is 6.08 Å². The van der Waals surface area contributed by atoms with E-state index in [2.05, 4.69) is 0 Å². The Kier molecular flexibility index (Phi) is 8.82. The summed E-state index contributed by atoms with van der Waals surface area (Å²) in [5, 5.41) is 0. The quantitative estimate of drug-likeness (QED) is 0.444. The molecule has 2 atom stereocenters. The van der Waals surface area contributed by atoms with Gasteiger partial charge in [-0.3, -0.25) is 9.69 Å². The average Bonchev–Trinajstić information content (AvgIpc) is 2.83. The lowest BCUT2D eigenvalue weighted by atomic mass is 10.0. The maximum atomic E-state index is 13.3. The zero-order valence-electron chi connectivity index (χ0n) is 19.6. The second kappa shape index (κ2) is 11.8. The Labute approximate surface area is 201 Å². The number of nitrogens with zero attached hydrogens (tertiary/aromatic N) is 1. The van der Waals surface area contributed by atoms with Crippen molar-refractivity contribution in [1.82, 2.24) is 4.90 Å². The Morgan fingerprint density at radius 2 is 1.71 bits per heavy atom. The maximum absolute atomic E-state index is 13.3. The summed E-state index contributed by atoms with van der Waals surface area (Å²) in [4.78, 5) is 27.0. The summed E-state index contributed by atoms with van der Waals surface area (Å²) >= 11 is 0. The van der Waals surface area contributed by atoms with Crippen LogP contribution in [0, 0.1) is 0 Å². The van der Waals surface area contributed by atoms with Crippen LogP contribution in [0.3, 0.4) is 0 Å². The molecule has 0 spiro atoms. The van der Waals surface area contributed by atoms with Gasteiger partial charge >= 0.3 is 6.09 Å². The highest BCUT2D eigenvalue weighted by molar-refractivity contribution is 7.95. The van der Waals surface area contributed by atoms with Crippen molar-refractivity contribution in [2.24, 2.45) is 0 Å². The molecule has 180 valence electrons. The number of carbonyl (C=O) groups excluding carboxylic acids is 2. The highest BCUT2D eigenvalue weighted by Gasteiger charge is 2.36. The van der Waals surface area contributed by atoms with E-state index in [0.717, 1.165) is 12.0 Å². The Hall–Kier alpha value is -3.19. The van der Waals surface area contributed by atoms with Gasteiger partial charge in [-0.1, -0.05) is 61.5 Å². The molecular formula is C27H31NO5S. The Morgan fingerprint density at radius 1 is 1.06 bits per heavy atom. The van der Waals surface area contributed by atoms with Crippen molar-refractivity contribution in [2.75, 3.05) is 0 Å². The number of ketones is 1. The molecule has 2 aromatic rings. The van der Waals surface area contributed by atoms with E-state index in [-0.39, 0.29) is 28.6 Å². The summed E-state index contributed by atoms with van der Waals surface area (Å²) in [7, 11) is -3.69. The Balaban J connectivity index is 1.86. The van der Waals surface area contributed by atoms with E-state index in [1.807, 2.05) is 44.2 Å². The van der Waals surface area contributed by atoms with Crippen LogP contribution in [0.2, 0.25) is 0 Å². The number of hydrogen-bond donors (Lipinski definition) is 0. The van der Waals surface area contributed by atoms with Crippen LogP contribution in [-0.2, 0) is 26.0 Å². The third-order valence-corrected chi connectivity index (χ3v) is 7.59. The van der Waals surface area contributed by atoms with Crippen LogP contribution in [0.1, 0.15) is 45.1 Å². The zero-order valence-corrected chi connectivity index (χ0v) is 20.4. The topological polar surface area (TPSA) is 80.8 Å². The second-order valence-corrected chi connectivity index (χ2v) is 10.4. The molecule has 0 unspecified atom stereocenters. The van der Waals surface area contributed by atoms with Crippen molar-refractivity contribution in [1.29, 1.82) is 0 Å². The molecule has 0 radical (unpaired) electrons. The van der Waals surface area contributed by atoms with Crippen LogP contribution in [0.25, 0.3) is 0 Å². The van der Waals surface area contributed by atoms with Crippen LogP contribution in [0.5, 0.6) is 0 Å². The summed E-state index contributed by atoms with van der Waals surface area (Å²) in [6, 6.07) is 16.7. The standard InChI is InChI=1S/C27H31NO5S/c1-3-11-24(29)15-10-14-23-19-26(34(31,32)25-16-8-5-9-17-25)18-21(2)28(23)27(30)33-20-22-12-6-4-7-13-22/h4-10,12-13,15-17,19,21,23H,3,11,14,18,20H2,1-2H3/b15-10+/t21-,23+/m1/s1. The summed E-state index contributed by atoms with van der Waals surface area (Å²) in [6.07, 6.45) is 6.03. The lowest BCUT2D eigenvalue weighted by Gasteiger charge is -2.38. The molecule has 1 aliphatic rings. The molecule has 0 fully saturated rings. The molecule has 0 saturated heterocycles. The average molecular weight is 482 g/mol. The van der Waals surface area contributed by atoms with Gasteiger partial charge in [0.2, 0.25) is 9.84 Å². The number of ether oxygens (including phenoxy) is 1. The molecule has 0 aliphatic carbocycles. The number of carbonyl (C=O) groups is 2. The first kappa shape index (κ1) is 25.4. The first-order valence-electron chi connectivity index (χ1n) is 11.5. The molecule has 0 aromatic heterocycles. The number of allylic oxidation sites excluding steroid dienone is 1. The first-order chi connectivity index (χ1) is 16.3. The smallest absolute Gasteiger partial charge is 0.410 e. The van der Waals surface area contributed by atoms with Gasteiger partial charge in [-0.15, -0.1) is 0 Å². The normalized spacial score (nSPS) is 18.5. The van der Waals surface area contributed by atoms with Crippen molar-refractivity contribution in [3.63, 3.8) is 0 Å². The fraction of sp³-hybridized carbons (Fsp3) is 0.333. The summed E-state index contributed by atoms with van der Waals surface area (Å²) in [6.45, 7) is 3.87. The minimum atomic E-state index is -3.69. The van der Waals surface area contributed by atoms with E-state index in [4.69, 9.17) is 4.74 Å². The van der Waals surface area contributed by atoms with Crippen molar-refractivity contribution in [3.05, 3.63) is 89.4 Å². The Bertz CT molecular complexity index is 1140. The minimum absolute atomic E-state index is 0.00525. The van der Waals surface area contributed by atoms with Crippen molar-refractivity contribution >= 4 is 21.7 Å². The Morgan fingerprint density at radius 3 is 2.35 bits per heavy atom. The number of rotatable bonds is 9. The number of amides is 1. The van der Waals surface area contributed by atoms with Gasteiger partial charge in [-0.2, -0.15) is 0 Å². The summed E-state index contributed by atoms with van der Waals surface area (Å²) in [5.41, 5.74) is 0.866. The first-order valence-corrected chi connectivity index (χ1v) is 13.0. The molecule has 0 bridgehead atoms. The lowest BCUT2D eigenvalue weighted by molar-refractivity contribution is -0.114. The highest BCUT2D eigenvalue weighted by atomic mass is 32.2. The fourth-order valence-electron chi connectivity index (χ4n) is 3.99. The number of hydrogen-bond acceptors (Lipinski definition) is 5. The molecule has 6 nitrogen and oxygen atoms in total. The van der Waals surface area contributed by atoms with Crippen LogP contribution in [0.4, 0.5) is 4.79 Å². The predicted molar refractivity (Wildman–Crippen MR) is 132 cm³/mol. The maximum Gasteiger partial charge on any atom is 0.410 e. The van der Waals surface area contributed by atoms with Gasteiger partial charge in [0.05, 0.1) is 10.9 Å². The van der Waals surface area contributed by atoms with E-state index in [1.54, 1.807) is 47.4 Å². The monoisotopic (exact) mass is 481 g/mol. The van der Waals surface area contributed by atoms with Crippen molar-refractivity contribution in [3.8, 4) is 0 Å². The zero-order chi connectivity index (χ0) is 24.6. The molecule has 0 saturated carbocycles. The third kappa shape index (κ3) is 6.44. The summed E-state index contributed by atoms with van der Waals surface area (Å²) < 4.78 is 32.1. The lowest BCUT2D eigenvalue weighted by Crippen LogP contribution is -2.48. The van der Waals surface area contributed by atoms with Crippen LogP contribution in [-0.4, -0.2) is 37.3 Å². The molecule has 0 N–H and O–H groups in total. The molecule has 1 amide bonds. The predicted octanol–water partition coefficient (Wildman–Crippen LogP) is 5.46. The van der Waals surface area contributed by atoms with Gasteiger partial charge in [-0.25, -0.2) is 13.2 Å². The van der Waals surface area contributed by atoms with E-state index in [9.17, 15) is 18.0 Å². The number of sulfone groups is 1. The van der Waals surface area contributed by atoms with Gasteiger partial charge in [0, 0.05) is 23.8 Å². The molecule has 1 aliphatic heterocycles. The third-order valence-electron chi connectivity index (χ3n) is 5.70. The van der Waals surface area contributed by atoms with Crippen molar-refractivity contribution in [2.45, 2.75) is 63.1 Å². The fourth-order valence-corrected chi connectivity index (χ4v) is 5.60. The van der Waals surface area contributed by atoms with Gasteiger partial charge in [0.1, 0.15) is 6.61 Å². The SMILES string of the molecule is CCCC(=O)/C=C/C[C@H]1C=C(S(=O)(=O)c2ccccc2)C[C@@H](C)N1C(=O)OCc1ccccc1. The summed E-state index contributed by atoms with van der Waals surface area (Å²) in [5.74, 6) is 0.00525. The van der Waals surface area contributed by atoms with Crippen LogP contribution < -0.4 is 0 Å². The van der Waals surface area contributed by atoms with Crippen molar-refractivity contribution < 1.29 is 22.7 Å². The van der Waals surface area contributed by atoms with Gasteiger partial charge in [0.15, 0.2) is 5.78 Å². The largest absolute Gasteiger partial charge is 0.445 e. The van der Waals surface area contributed by atoms with Crippen LogP contribution in [0.15, 0.2) is 88.7 Å². The molecule has 34 heavy (non-hydrogen) atoms. The van der Waals surface area contributed by atoms with E-state index >= 15 is 0 Å². The molecule has 2 aromatic carbocycles.